The van der Waals surface area contributed by atoms with E-state index in [4.69, 9.17) is 4.74 Å². The smallest absolute Gasteiger partial charge is 0.235 e. The van der Waals surface area contributed by atoms with E-state index >= 15 is 0 Å². The predicted octanol–water partition coefficient (Wildman–Crippen LogP) is 3.03. The van der Waals surface area contributed by atoms with Crippen LogP contribution in [-0.2, 0) is 21.4 Å². The average molecular weight is 405 g/mol. The molecule has 28 heavy (non-hydrogen) atoms. The number of methoxy groups -OCH3 is 1. The molecule has 1 N–H and O–H groups in total. The average Bonchev–Trinajstić information content (AvgIpc) is 2.66. The molecular weight excluding hydrogens is 376 g/mol. The summed E-state index contributed by atoms with van der Waals surface area (Å²) in [5, 5.41) is 2.93. The van der Waals surface area contributed by atoms with Crippen molar-refractivity contribution in [2.75, 3.05) is 19.9 Å². The van der Waals surface area contributed by atoms with E-state index < -0.39 is 10.0 Å². The number of nitrogens with one attached hydrogen (secondary N) is 1. The van der Waals surface area contributed by atoms with Gasteiger partial charge in [-0.2, -0.15) is 4.31 Å². The number of aryl methyl sites for hydroxylation is 1. The van der Waals surface area contributed by atoms with Gasteiger partial charge in [0.2, 0.25) is 15.9 Å². The van der Waals surface area contributed by atoms with Crippen molar-refractivity contribution in [1.82, 2.24) is 9.62 Å². The molecular formula is C21H28N2O4S. The van der Waals surface area contributed by atoms with E-state index in [1.165, 1.54) is 4.31 Å². The van der Waals surface area contributed by atoms with Gasteiger partial charge >= 0.3 is 0 Å². The minimum absolute atomic E-state index is 0.159. The van der Waals surface area contributed by atoms with Crippen molar-refractivity contribution in [3.8, 4) is 5.75 Å². The first kappa shape index (κ1) is 21.9. The van der Waals surface area contributed by atoms with Crippen LogP contribution < -0.4 is 10.1 Å². The van der Waals surface area contributed by atoms with E-state index in [0.29, 0.717) is 6.42 Å². The normalized spacial score (nSPS) is 12.6. The van der Waals surface area contributed by atoms with Gasteiger partial charge in [0.25, 0.3) is 0 Å². The summed E-state index contributed by atoms with van der Waals surface area (Å²) in [6.45, 7) is 3.87. The Balaban J connectivity index is 2.07. The molecule has 0 aromatic heterocycles. The van der Waals surface area contributed by atoms with Gasteiger partial charge < -0.3 is 10.1 Å². The molecule has 0 aliphatic carbocycles. The van der Waals surface area contributed by atoms with Crippen molar-refractivity contribution in [3.05, 3.63) is 65.2 Å². The molecule has 0 fully saturated rings. The van der Waals surface area contributed by atoms with E-state index in [0.717, 1.165) is 28.7 Å². The van der Waals surface area contributed by atoms with Crippen LogP contribution in [0.15, 0.2) is 48.5 Å². The zero-order valence-electron chi connectivity index (χ0n) is 16.8. The zero-order valence-corrected chi connectivity index (χ0v) is 17.6. The minimum atomic E-state index is -3.53. The molecule has 2 aromatic rings. The highest BCUT2D eigenvalue weighted by atomic mass is 32.2. The Bertz CT molecular complexity index is 878. The Morgan fingerprint density at radius 3 is 2.21 bits per heavy atom. The van der Waals surface area contributed by atoms with Crippen LogP contribution in [-0.4, -0.2) is 38.5 Å². The molecule has 152 valence electrons. The van der Waals surface area contributed by atoms with Crippen LogP contribution in [0, 0.1) is 6.92 Å². The van der Waals surface area contributed by atoms with Gasteiger partial charge in [-0.1, -0.05) is 48.9 Å². The fourth-order valence-electron chi connectivity index (χ4n) is 2.84. The van der Waals surface area contributed by atoms with Crippen LogP contribution in [0.25, 0.3) is 0 Å². The van der Waals surface area contributed by atoms with Gasteiger partial charge in [-0.05, 0) is 36.6 Å². The lowest BCUT2D eigenvalue weighted by Crippen LogP contribution is -2.41. The van der Waals surface area contributed by atoms with Crippen molar-refractivity contribution in [2.24, 2.45) is 0 Å². The number of benzene rings is 2. The quantitative estimate of drug-likeness (QED) is 0.697. The van der Waals surface area contributed by atoms with Crippen LogP contribution in [0.2, 0.25) is 0 Å². The molecule has 2 rings (SSSR count). The first-order valence-electron chi connectivity index (χ1n) is 9.17. The number of sulfonamides is 1. The van der Waals surface area contributed by atoms with Crippen molar-refractivity contribution in [2.45, 2.75) is 32.9 Å². The van der Waals surface area contributed by atoms with Crippen molar-refractivity contribution >= 4 is 15.9 Å². The summed E-state index contributed by atoms with van der Waals surface area (Å²) in [4.78, 5) is 12.6. The highest BCUT2D eigenvalue weighted by Crippen LogP contribution is 2.20. The number of hydrogen-bond donors (Lipinski definition) is 1. The maximum atomic E-state index is 12.6. The molecule has 0 aliphatic heterocycles. The predicted molar refractivity (Wildman–Crippen MR) is 111 cm³/mol. The first-order chi connectivity index (χ1) is 13.2. The lowest BCUT2D eigenvalue weighted by atomic mass is 10.0. The van der Waals surface area contributed by atoms with E-state index in [2.05, 4.69) is 5.32 Å². The molecule has 1 amide bonds. The summed E-state index contributed by atoms with van der Waals surface area (Å²) < 4.78 is 30.7. The minimum Gasteiger partial charge on any atom is -0.497 e. The number of rotatable bonds is 9. The van der Waals surface area contributed by atoms with Gasteiger partial charge in [-0.15, -0.1) is 0 Å². The summed E-state index contributed by atoms with van der Waals surface area (Å²) in [6, 6.07) is 14.9. The topological polar surface area (TPSA) is 75.7 Å². The van der Waals surface area contributed by atoms with E-state index in [1.54, 1.807) is 7.11 Å². The zero-order chi connectivity index (χ0) is 20.7. The number of carbonyl (C=O) groups excluding carboxylic acids is 1. The monoisotopic (exact) mass is 404 g/mol. The van der Waals surface area contributed by atoms with Gasteiger partial charge in [0, 0.05) is 6.54 Å². The lowest BCUT2D eigenvalue weighted by Gasteiger charge is -2.22. The molecule has 0 saturated heterocycles. The fourth-order valence-corrected chi connectivity index (χ4v) is 3.58. The number of amides is 1. The summed E-state index contributed by atoms with van der Waals surface area (Å²) in [7, 11) is -1.93. The highest BCUT2D eigenvalue weighted by molar-refractivity contribution is 7.88. The van der Waals surface area contributed by atoms with Crippen LogP contribution >= 0.6 is 0 Å². The third-order valence-corrected chi connectivity index (χ3v) is 5.73. The Kier molecular flexibility index (Phi) is 7.60. The van der Waals surface area contributed by atoms with Crippen LogP contribution in [0.3, 0.4) is 0 Å². The SMILES string of the molecule is CCC(NC(=O)CN(Cc1ccc(C)cc1)S(C)(=O)=O)c1ccc(OC)cc1. The number of hydrogen-bond acceptors (Lipinski definition) is 4. The van der Waals surface area contributed by atoms with Gasteiger partial charge in [-0.3, -0.25) is 4.79 Å². The molecule has 7 heteroatoms. The number of ether oxygens (including phenoxy) is 1. The number of carbonyl (C=O) groups is 1. The molecule has 2 aromatic carbocycles. The molecule has 1 unspecified atom stereocenters. The largest absolute Gasteiger partial charge is 0.497 e. The maximum absolute atomic E-state index is 12.6. The molecule has 0 radical (unpaired) electrons. The van der Waals surface area contributed by atoms with Gasteiger partial charge in [0.15, 0.2) is 0 Å². The Labute approximate surface area is 167 Å². The standard InChI is InChI=1S/C21H28N2O4S/c1-5-20(18-10-12-19(27-3)13-11-18)22-21(24)15-23(28(4,25)26)14-17-8-6-16(2)7-9-17/h6-13,20H,5,14-15H2,1-4H3,(H,22,24). The van der Waals surface area contributed by atoms with Crippen molar-refractivity contribution in [1.29, 1.82) is 0 Å². The third kappa shape index (κ3) is 6.35. The highest BCUT2D eigenvalue weighted by Gasteiger charge is 2.22. The Hall–Kier alpha value is -2.38. The molecule has 0 heterocycles. The van der Waals surface area contributed by atoms with Crippen LogP contribution in [0.5, 0.6) is 5.75 Å². The summed E-state index contributed by atoms with van der Waals surface area (Å²) in [5.41, 5.74) is 2.88. The second kappa shape index (κ2) is 9.71. The number of nitrogens with zero attached hydrogens (tertiary/aromatic N) is 1. The van der Waals surface area contributed by atoms with Gasteiger partial charge in [0.05, 0.1) is 26.0 Å². The second-order valence-corrected chi connectivity index (χ2v) is 8.80. The molecule has 1 atom stereocenters. The van der Waals surface area contributed by atoms with Crippen LogP contribution in [0.1, 0.15) is 36.1 Å². The molecule has 0 spiro atoms. The van der Waals surface area contributed by atoms with E-state index in [9.17, 15) is 13.2 Å². The van der Waals surface area contributed by atoms with Crippen molar-refractivity contribution in [3.63, 3.8) is 0 Å². The molecule has 6 nitrogen and oxygen atoms in total. The maximum Gasteiger partial charge on any atom is 0.235 e. The lowest BCUT2D eigenvalue weighted by molar-refractivity contribution is -0.122. The Morgan fingerprint density at radius 1 is 1.11 bits per heavy atom. The summed E-state index contributed by atoms with van der Waals surface area (Å²) in [5.74, 6) is 0.409. The van der Waals surface area contributed by atoms with Gasteiger partial charge in [0.1, 0.15) is 5.75 Å². The molecule has 0 saturated carbocycles. The van der Waals surface area contributed by atoms with Gasteiger partial charge in [-0.25, -0.2) is 8.42 Å². The molecule has 0 bridgehead atoms. The van der Waals surface area contributed by atoms with Crippen molar-refractivity contribution < 1.29 is 17.9 Å². The third-order valence-electron chi connectivity index (χ3n) is 4.53. The second-order valence-electron chi connectivity index (χ2n) is 6.82. The molecule has 0 aliphatic rings. The fraction of sp³-hybridized carbons (Fsp3) is 0.381. The summed E-state index contributed by atoms with van der Waals surface area (Å²) in [6.07, 6.45) is 1.81. The summed E-state index contributed by atoms with van der Waals surface area (Å²) >= 11 is 0. The Morgan fingerprint density at radius 2 is 1.71 bits per heavy atom. The van der Waals surface area contributed by atoms with Crippen LogP contribution in [0.4, 0.5) is 0 Å². The van der Waals surface area contributed by atoms with E-state index in [1.807, 2.05) is 62.4 Å². The first-order valence-corrected chi connectivity index (χ1v) is 11.0. The van der Waals surface area contributed by atoms with E-state index in [-0.39, 0.29) is 25.0 Å².